The Bertz CT molecular complexity index is 316. The van der Waals surface area contributed by atoms with E-state index in [1.165, 1.54) is 5.56 Å². The molecule has 1 aromatic rings. The van der Waals surface area contributed by atoms with E-state index in [2.05, 4.69) is 13.8 Å². The lowest BCUT2D eigenvalue weighted by atomic mass is 9.99. The Morgan fingerprint density at radius 2 is 2.00 bits per heavy atom. The maximum atomic E-state index is 9.60. The number of methoxy groups -OCH3 is 1. The third-order valence-electron chi connectivity index (χ3n) is 2.46. The van der Waals surface area contributed by atoms with Crippen LogP contribution in [0.4, 0.5) is 0 Å². The second kappa shape index (κ2) is 3.69. The highest BCUT2D eigenvalue weighted by Crippen LogP contribution is 2.34. The largest absolute Gasteiger partial charge is 0.504 e. The molecule has 13 heavy (non-hydrogen) atoms. The maximum Gasteiger partial charge on any atom is 0.163 e. The summed E-state index contributed by atoms with van der Waals surface area (Å²) in [5, 5.41) is 9.60. The van der Waals surface area contributed by atoms with Crippen LogP contribution in [0.25, 0.3) is 0 Å². The van der Waals surface area contributed by atoms with Gasteiger partial charge in [0.25, 0.3) is 0 Å². The van der Waals surface area contributed by atoms with Crippen molar-refractivity contribution >= 4 is 0 Å². The van der Waals surface area contributed by atoms with Gasteiger partial charge in [-0.3, -0.25) is 0 Å². The number of phenolic OH excluding ortho intramolecular Hbond substituents is 1. The van der Waals surface area contributed by atoms with Crippen LogP contribution < -0.4 is 4.74 Å². The fraction of sp³-hybridized carbons (Fsp3) is 0.455. The van der Waals surface area contributed by atoms with Gasteiger partial charge in [-0.1, -0.05) is 6.92 Å². The Kier molecular flexibility index (Phi) is 2.81. The van der Waals surface area contributed by atoms with Crippen molar-refractivity contribution < 1.29 is 9.84 Å². The van der Waals surface area contributed by atoms with Crippen molar-refractivity contribution in [3.8, 4) is 11.5 Å². The molecule has 0 radical (unpaired) electrons. The lowest BCUT2D eigenvalue weighted by molar-refractivity contribution is 0.369. The number of hydrogen-bond acceptors (Lipinski definition) is 2. The molecule has 0 atom stereocenters. The van der Waals surface area contributed by atoms with Gasteiger partial charge < -0.3 is 9.84 Å². The van der Waals surface area contributed by atoms with Crippen molar-refractivity contribution in [2.24, 2.45) is 0 Å². The van der Waals surface area contributed by atoms with Gasteiger partial charge in [0.1, 0.15) is 0 Å². The molecule has 0 spiro atoms. The summed E-state index contributed by atoms with van der Waals surface area (Å²) in [6.07, 6.45) is 0.879. The predicted molar refractivity (Wildman–Crippen MR) is 53.5 cm³/mol. The average Bonchev–Trinajstić information content (AvgIpc) is 2.10. The molecule has 0 saturated heterocycles. The first-order valence-corrected chi connectivity index (χ1v) is 4.47. The van der Waals surface area contributed by atoms with Gasteiger partial charge in [-0.05, 0) is 37.5 Å². The van der Waals surface area contributed by atoms with Crippen molar-refractivity contribution in [3.05, 3.63) is 22.8 Å². The second-order valence-electron chi connectivity index (χ2n) is 3.20. The predicted octanol–water partition coefficient (Wildman–Crippen LogP) is 2.58. The van der Waals surface area contributed by atoms with Crippen LogP contribution in [-0.4, -0.2) is 12.2 Å². The summed E-state index contributed by atoms with van der Waals surface area (Å²) < 4.78 is 5.15. The van der Waals surface area contributed by atoms with Crippen molar-refractivity contribution in [1.82, 2.24) is 0 Å². The zero-order chi connectivity index (χ0) is 10.0. The Morgan fingerprint density at radius 1 is 1.38 bits per heavy atom. The van der Waals surface area contributed by atoms with Crippen LogP contribution in [0.2, 0.25) is 0 Å². The van der Waals surface area contributed by atoms with Crippen LogP contribution in [0.1, 0.15) is 23.6 Å². The number of hydrogen-bond donors (Lipinski definition) is 1. The van der Waals surface area contributed by atoms with Gasteiger partial charge in [0.2, 0.25) is 0 Å². The number of aryl methyl sites for hydroxylation is 1. The summed E-state index contributed by atoms with van der Waals surface area (Å²) in [6.45, 7) is 6.10. The topological polar surface area (TPSA) is 29.5 Å². The van der Waals surface area contributed by atoms with Crippen LogP contribution in [-0.2, 0) is 6.42 Å². The van der Waals surface area contributed by atoms with Crippen molar-refractivity contribution in [1.29, 1.82) is 0 Å². The van der Waals surface area contributed by atoms with E-state index >= 15 is 0 Å². The van der Waals surface area contributed by atoms with Crippen LogP contribution in [0, 0.1) is 13.8 Å². The molecule has 0 heterocycles. The van der Waals surface area contributed by atoms with Gasteiger partial charge in [0, 0.05) is 5.56 Å². The number of aromatic hydroxyl groups is 1. The molecule has 0 aliphatic carbocycles. The van der Waals surface area contributed by atoms with Gasteiger partial charge >= 0.3 is 0 Å². The highest BCUT2D eigenvalue weighted by atomic mass is 16.5. The zero-order valence-electron chi connectivity index (χ0n) is 8.64. The van der Waals surface area contributed by atoms with Gasteiger partial charge in [0.15, 0.2) is 11.5 Å². The smallest absolute Gasteiger partial charge is 0.163 e. The molecule has 2 heteroatoms. The SMILES string of the molecule is CCc1c(C)c(C)cc(O)c1OC. The molecule has 0 saturated carbocycles. The highest BCUT2D eigenvalue weighted by molar-refractivity contribution is 5.53. The molecule has 0 unspecified atom stereocenters. The molecule has 1 N–H and O–H groups in total. The number of benzene rings is 1. The van der Waals surface area contributed by atoms with E-state index in [1.54, 1.807) is 13.2 Å². The molecule has 1 rings (SSSR count). The second-order valence-corrected chi connectivity index (χ2v) is 3.20. The van der Waals surface area contributed by atoms with E-state index in [-0.39, 0.29) is 5.75 Å². The van der Waals surface area contributed by atoms with Crippen LogP contribution >= 0.6 is 0 Å². The molecular weight excluding hydrogens is 164 g/mol. The average molecular weight is 180 g/mol. The molecule has 1 aromatic carbocycles. The van der Waals surface area contributed by atoms with E-state index in [4.69, 9.17) is 4.74 Å². The van der Waals surface area contributed by atoms with Gasteiger partial charge in [0.05, 0.1) is 7.11 Å². The monoisotopic (exact) mass is 180 g/mol. The molecule has 0 bridgehead atoms. The lowest BCUT2D eigenvalue weighted by Gasteiger charge is -2.13. The zero-order valence-corrected chi connectivity index (χ0v) is 8.64. The summed E-state index contributed by atoms with van der Waals surface area (Å²) in [5.41, 5.74) is 3.41. The Hall–Kier alpha value is -1.18. The van der Waals surface area contributed by atoms with Gasteiger partial charge in [-0.25, -0.2) is 0 Å². The minimum atomic E-state index is 0.238. The molecule has 2 nitrogen and oxygen atoms in total. The van der Waals surface area contributed by atoms with Gasteiger partial charge in [-0.2, -0.15) is 0 Å². The van der Waals surface area contributed by atoms with E-state index in [1.807, 2.05) is 6.92 Å². The van der Waals surface area contributed by atoms with E-state index in [9.17, 15) is 5.11 Å². The Morgan fingerprint density at radius 3 is 2.46 bits per heavy atom. The molecule has 0 aliphatic rings. The van der Waals surface area contributed by atoms with E-state index in [0.717, 1.165) is 17.5 Å². The Balaban J connectivity index is 3.41. The van der Waals surface area contributed by atoms with Gasteiger partial charge in [-0.15, -0.1) is 0 Å². The first kappa shape index (κ1) is 9.90. The minimum Gasteiger partial charge on any atom is -0.504 e. The summed E-state index contributed by atoms with van der Waals surface area (Å²) in [7, 11) is 1.59. The number of rotatable bonds is 2. The normalized spacial score (nSPS) is 10.2. The molecule has 0 fully saturated rings. The Labute approximate surface area is 79.2 Å². The third-order valence-corrected chi connectivity index (χ3v) is 2.46. The molecule has 72 valence electrons. The standard InChI is InChI=1S/C11H16O2/c1-5-9-8(3)7(2)6-10(12)11(9)13-4/h6,12H,5H2,1-4H3. The van der Waals surface area contributed by atoms with Crippen LogP contribution in [0.5, 0.6) is 11.5 Å². The minimum absolute atomic E-state index is 0.238. The summed E-state index contributed by atoms with van der Waals surface area (Å²) in [4.78, 5) is 0. The number of phenols is 1. The molecule has 0 aromatic heterocycles. The maximum absolute atomic E-state index is 9.60. The quantitative estimate of drug-likeness (QED) is 0.758. The summed E-state index contributed by atoms with van der Waals surface area (Å²) >= 11 is 0. The molecule has 0 aliphatic heterocycles. The third kappa shape index (κ3) is 1.62. The number of ether oxygens (including phenoxy) is 1. The van der Waals surface area contributed by atoms with Crippen molar-refractivity contribution in [3.63, 3.8) is 0 Å². The molecular formula is C11H16O2. The fourth-order valence-corrected chi connectivity index (χ4v) is 1.60. The fourth-order valence-electron chi connectivity index (χ4n) is 1.60. The van der Waals surface area contributed by atoms with E-state index < -0.39 is 0 Å². The van der Waals surface area contributed by atoms with Crippen LogP contribution in [0.15, 0.2) is 6.07 Å². The van der Waals surface area contributed by atoms with Crippen molar-refractivity contribution in [2.45, 2.75) is 27.2 Å². The van der Waals surface area contributed by atoms with Crippen molar-refractivity contribution in [2.75, 3.05) is 7.11 Å². The first-order valence-electron chi connectivity index (χ1n) is 4.47. The summed E-state index contributed by atoms with van der Waals surface area (Å²) in [6, 6.07) is 1.74. The summed E-state index contributed by atoms with van der Waals surface area (Å²) in [5.74, 6) is 0.855. The first-order chi connectivity index (χ1) is 6.11. The highest BCUT2D eigenvalue weighted by Gasteiger charge is 2.11. The lowest BCUT2D eigenvalue weighted by Crippen LogP contribution is -1.96. The van der Waals surface area contributed by atoms with E-state index in [0.29, 0.717) is 5.75 Å². The van der Waals surface area contributed by atoms with Crippen LogP contribution in [0.3, 0.4) is 0 Å². The molecule has 0 amide bonds.